The summed E-state index contributed by atoms with van der Waals surface area (Å²) in [6.07, 6.45) is 2.42. The minimum absolute atomic E-state index is 0. The van der Waals surface area contributed by atoms with Gasteiger partial charge in [-0.3, -0.25) is 19.6 Å². The maximum absolute atomic E-state index is 13.6. The predicted molar refractivity (Wildman–Crippen MR) is 135 cm³/mol. The number of hydrogen-bond acceptors (Lipinski definition) is 7. The zero-order valence-electron chi connectivity index (χ0n) is 18.4. The fourth-order valence-electron chi connectivity index (χ4n) is 3.89. The number of aromatic nitrogens is 3. The summed E-state index contributed by atoms with van der Waals surface area (Å²) in [4.78, 5) is 31.5. The summed E-state index contributed by atoms with van der Waals surface area (Å²) in [6.45, 7) is 6.97. The van der Waals surface area contributed by atoms with E-state index in [0.29, 0.717) is 22.9 Å². The van der Waals surface area contributed by atoms with E-state index in [0.717, 1.165) is 55.0 Å². The molecule has 5 rings (SSSR count). The second kappa shape index (κ2) is 10.5. The largest absolute Gasteiger partial charge is 0.379 e. The van der Waals surface area contributed by atoms with Crippen molar-refractivity contribution in [1.82, 2.24) is 19.9 Å². The Hall–Kier alpha value is -2.65. The van der Waals surface area contributed by atoms with E-state index < -0.39 is 0 Å². The van der Waals surface area contributed by atoms with Gasteiger partial charge in [0.05, 0.1) is 40.7 Å². The molecule has 172 valence electrons. The summed E-state index contributed by atoms with van der Waals surface area (Å²) in [5.74, 6) is -0.166. The second-order valence-electron chi connectivity index (χ2n) is 7.98. The van der Waals surface area contributed by atoms with Gasteiger partial charge in [0.1, 0.15) is 5.69 Å². The highest BCUT2D eigenvalue weighted by Gasteiger charge is 2.23. The van der Waals surface area contributed by atoms with Gasteiger partial charge in [0.15, 0.2) is 5.13 Å². The van der Waals surface area contributed by atoms with Crippen LogP contribution in [0.15, 0.2) is 48.7 Å². The molecule has 1 amide bonds. The molecule has 0 N–H and O–H groups in total. The fraction of sp³-hybridized carbons (Fsp3) is 0.333. The zero-order valence-corrected chi connectivity index (χ0v) is 20.1. The number of para-hydroxylation sites is 2. The summed E-state index contributed by atoms with van der Waals surface area (Å²) in [5, 5.41) is 0.701. The first-order valence-corrected chi connectivity index (χ1v) is 11.7. The average Bonchev–Trinajstić information content (AvgIpc) is 3.24. The molecule has 0 unspecified atom stereocenters. The molecule has 1 aliphatic rings. The molecule has 7 nitrogen and oxygen atoms in total. The standard InChI is InChI=1S/C24H25N5O2S.ClH/c1-17-7-8-20-22(15-17)32-24(27-20)29(10-4-9-28-11-13-31-14-12-28)23(30)21-16-25-18-5-2-3-6-19(18)26-21;/h2-3,5-8,15-16H,4,9-14H2,1H3;1H. The number of thiazole rings is 1. The summed E-state index contributed by atoms with van der Waals surface area (Å²) in [6, 6.07) is 13.8. The molecule has 33 heavy (non-hydrogen) atoms. The van der Waals surface area contributed by atoms with Crippen molar-refractivity contribution in [2.24, 2.45) is 0 Å². The summed E-state index contributed by atoms with van der Waals surface area (Å²) in [5.41, 5.74) is 3.92. The molecule has 2 aromatic carbocycles. The first kappa shape index (κ1) is 23.5. The lowest BCUT2D eigenvalue weighted by molar-refractivity contribution is 0.0376. The van der Waals surface area contributed by atoms with Crippen molar-refractivity contribution in [2.45, 2.75) is 13.3 Å². The number of carbonyl (C=O) groups is 1. The van der Waals surface area contributed by atoms with Crippen LogP contribution in [-0.2, 0) is 4.74 Å². The van der Waals surface area contributed by atoms with Gasteiger partial charge < -0.3 is 4.74 Å². The average molecular weight is 484 g/mol. The van der Waals surface area contributed by atoms with Crippen LogP contribution in [-0.4, -0.2) is 65.2 Å². The number of morpholine rings is 1. The third-order valence-electron chi connectivity index (χ3n) is 5.64. The van der Waals surface area contributed by atoms with Crippen LogP contribution < -0.4 is 4.90 Å². The number of amides is 1. The summed E-state index contributed by atoms with van der Waals surface area (Å²) >= 11 is 1.54. The van der Waals surface area contributed by atoms with Gasteiger partial charge >= 0.3 is 0 Å². The second-order valence-corrected chi connectivity index (χ2v) is 8.99. The molecular formula is C24H26ClN5O2S. The lowest BCUT2D eigenvalue weighted by atomic mass is 10.2. The van der Waals surface area contributed by atoms with Gasteiger partial charge in [-0.2, -0.15) is 0 Å². The van der Waals surface area contributed by atoms with Crippen LogP contribution in [0.1, 0.15) is 22.5 Å². The minimum atomic E-state index is -0.166. The number of benzene rings is 2. The van der Waals surface area contributed by atoms with Crippen molar-refractivity contribution in [1.29, 1.82) is 0 Å². The Morgan fingerprint density at radius 2 is 1.88 bits per heavy atom. The molecule has 9 heteroatoms. The Balaban J connectivity index is 0.00000259. The third kappa shape index (κ3) is 5.30. The van der Waals surface area contributed by atoms with Crippen molar-refractivity contribution in [3.05, 3.63) is 59.9 Å². The number of halogens is 1. The van der Waals surface area contributed by atoms with Gasteiger partial charge in [-0.1, -0.05) is 29.5 Å². The van der Waals surface area contributed by atoms with Gasteiger partial charge in [-0.05, 0) is 43.2 Å². The predicted octanol–water partition coefficient (Wildman–Crippen LogP) is 4.34. The molecule has 1 saturated heterocycles. The van der Waals surface area contributed by atoms with E-state index in [4.69, 9.17) is 9.72 Å². The van der Waals surface area contributed by atoms with Crippen LogP contribution in [0.25, 0.3) is 21.3 Å². The molecule has 0 aliphatic carbocycles. The monoisotopic (exact) mass is 483 g/mol. The highest BCUT2D eigenvalue weighted by Crippen LogP contribution is 2.30. The Kier molecular flexibility index (Phi) is 7.49. The Labute approximate surface area is 202 Å². The number of carbonyl (C=O) groups excluding carboxylic acids is 1. The van der Waals surface area contributed by atoms with E-state index in [9.17, 15) is 4.79 Å². The zero-order chi connectivity index (χ0) is 21.9. The van der Waals surface area contributed by atoms with Crippen LogP contribution >= 0.6 is 23.7 Å². The van der Waals surface area contributed by atoms with E-state index in [-0.39, 0.29) is 18.3 Å². The molecule has 0 radical (unpaired) electrons. The first-order valence-electron chi connectivity index (χ1n) is 10.9. The number of rotatable bonds is 6. The minimum Gasteiger partial charge on any atom is -0.379 e. The lowest BCUT2D eigenvalue weighted by Gasteiger charge is -2.27. The maximum atomic E-state index is 13.6. The van der Waals surface area contributed by atoms with Crippen molar-refractivity contribution in [2.75, 3.05) is 44.3 Å². The molecule has 1 aliphatic heterocycles. The van der Waals surface area contributed by atoms with Crippen LogP contribution in [0.4, 0.5) is 5.13 Å². The molecule has 0 spiro atoms. The topological polar surface area (TPSA) is 71.5 Å². The van der Waals surface area contributed by atoms with Crippen molar-refractivity contribution < 1.29 is 9.53 Å². The fourth-order valence-corrected chi connectivity index (χ4v) is 4.98. The Morgan fingerprint density at radius 3 is 2.70 bits per heavy atom. The van der Waals surface area contributed by atoms with E-state index in [1.165, 1.54) is 5.56 Å². The lowest BCUT2D eigenvalue weighted by Crippen LogP contribution is -2.39. The molecule has 0 bridgehead atoms. The van der Waals surface area contributed by atoms with E-state index >= 15 is 0 Å². The van der Waals surface area contributed by atoms with Crippen molar-refractivity contribution >= 4 is 56.0 Å². The molecule has 1 fully saturated rings. The number of anilines is 1. The van der Waals surface area contributed by atoms with Gasteiger partial charge in [0, 0.05) is 26.2 Å². The molecule has 0 atom stereocenters. The number of hydrogen-bond donors (Lipinski definition) is 0. The van der Waals surface area contributed by atoms with Crippen LogP contribution in [0, 0.1) is 6.92 Å². The summed E-state index contributed by atoms with van der Waals surface area (Å²) < 4.78 is 6.52. The normalized spacial score (nSPS) is 14.3. The quantitative estimate of drug-likeness (QED) is 0.406. The molecule has 2 aromatic heterocycles. The molecule has 0 saturated carbocycles. The summed E-state index contributed by atoms with van der Waals surface area (Å²) in [7, 11) is 0. The number of fused-ring (bicyclic) bond motifs is 2. The highest BCUT2D eigenvalue weighted by molar-refractivity contribution is 7.22. The number of nitrogens with zero attached hydrogens (tertiary/aromatic N) is 5. The van der Waals surface area contributed by atoms with Crippen molar-refractivity contribution in [3.8, 4) is 0 Å². The smallest absolute Gasteiger partial charge is 0.280 e. The molecule has 3 heterocycles. The van der Waals surface area contributed by atoms with E-state index in [1.807, 2.05) is 36.4 Å². The van der Waals surface area contributed by atoms with Gasteiger partial charge in [-0.25, -0.2) is 9.97 Å². The van der Waals surface area contributed by atoms with Crippen LogP contribution in [0.2, 0.25) is 0 Å². The Bertz CT molecular complexity index is 1260. The SMILES string of the molecule is Cc1ccc2nc(N(CCCN3CCOCC3)C(=O)c3cnc4ccccc4n3)sc2c1.Cl. The maximum Gasteiger partial charge on any atom is 0.280 e. The molecule has 4 aromatic rings. The van der Waals surface area contributed by atoms with Gasteiger partial charge in [-0.15, -0.1) is 12.4 Å². The van der Waals surface area contributed by atoms with Crippen LogP contribution in [0.5, 0.6) is 0 Å². The van der Waals surface area contributed by atoms with Crippen LogP contribution in [0.3, 0.4) is 0 Å². The Morgan fingerprint density at radius 1 is 1.09 bits per heavy atom. The van der Waals surface area contributed by atoms with E-state index in [2.05, 4.69) is 27.9 Å². The highest BCUT2D eigenvalue weighted by atomic mass is 35.5. The third-order valence-corrected chi connectivity index (χ3v) is 6.68. The molecular weight excluding hydrogens is 458 g/mol. The number of ether oxygens (including phenoxy) is 1. The van der Waals surface area contributed by atoms with Crippen molar-refractivity contribution in [3.63, 3.8) is 0 Å². The first-order chi connectivity index (χ1) is 15.7. The van der Waals surface area contributed by atoms with Gasteiger partial charge in [0.25, 0.3) is 5.91 Å². The van der Waals surface area contributed by atoms with Gasteiger partial charge in [0.2, 0.25) is 0 Å². The van der Waals surface area contributed by atoms with E-state index in [1.54, 1.807) is 22.4 Å². The number of aryl methyl sites for hydroxylation is 1.